The molecule has 0 rings (SSSR count). The summed E-state index contributed by atoms with van der Waals surface area (Å²) in [6.07, 6.45) is 1.32. The molecule has 2 nitrogen and oxygen atoms in total. The van der Waals surface area contributed by atoms with Gasteiger partial charge in [-0.15, -0.1) is 0 Å². The number of hydrogen-bond donors (Lipinski definition) is 1. The second-order valence-corrected chi connectivity index (χ2v) is 2.23. The van der Waals surface area contributed by atoms with Crippen LogP contribution in [0.1, 0.15) is 27.2 Å². The van der Waals surface area contributed by atoms with Crippen molar-refractivity contribution in [2.45, 2.75) is 33.3 Å². The molecule has 0 bridgehead atoms. The van der Waals surface area contributed by atoms with Crippen molar-refractivity contribution in [2.75, 3.05) is 0 Å². The van der Waals surface area contributed by atoms with Gasteiger partial charge in [-0.2, -0.15) is 0 Å². The number of hydrogen-bond acceptors (Lipinski definition) is 2. The Morgan fingerprint density at radius 2 is 2.00 bits per heavy atom. The zero-order valence-corrected chi connectivity index (χ0v) is 5.85. The van der Waals surface area contributed by atoms with Gasteiger partial charge in [-0.1, -0.05) is 20.3 Å². The van der Waals surface area contributed by atoms with Gasteiger partial charge in [0.05, 0.1) is 6.10 Å². The second kappa shape index (κ2) is 3.87. The van der Waals surface area contributed by atoms with Crippen LogP contribution in [0.25, 0.3) is 0 Å². The predicted molar refractivity (Wildman–Crippen MR) is 34.2 cm³/mol. The Kier molecular flexibility index (Phi) is 3.83. The zero-order valence-electron chi connectivity index (χ0n) is 5.85. The SMILES string of the molecule is CCC(C)C(C)ON. The summed E-state index contributed by atoms with van der Waals surface area (Å²) in [5.74, 6) is 5.52. The Bertz CT molecular complexity index is 48.5. The largest absolute Gasteiger partial charge is 0.301 e. The van der Waals surface area contributed by atoms with Crippen LogP contribution in [0.5, 0.6) is 0 Å². The van der Waals surface area contributed by atoms with Crippen LogP contribution in [0.15, 0.2) is 0 Å². The minimum atomic E-state index is 0.194. The lowest BCUT2D eigenvalue weighted by molar-refractivity contribution is 0.0286. The van der Waals surface area contributed by atoms with Crippen molar-refractivity contribution < 1.29 is 4.84 Å². The molecule has 0 aromatic carbocycles. The maximum Gasteiger partial charge on any atom is 0.0784 e. The zero-order chi connectivity index (χ0) is 6.57. The molecule has 0 aromatic heterocycles. The highest BCUT2D eigenvalue weighted by atomic mass is 16.6. The molecule has 2 heteroatoms. The average molecular weight is 117 g/mol. The van der Waals surface area contributed by atoms with Crippen molar-refractivity contribution in [2.24, 2.45) is 11.8 Å². The molecule has 0 aromatic rings. The maximum absolute atomic E-state index is 4.95. The lowest BCUT2D eigenvalue weighted by Crippen LogP contribution is -2.20. The van der Waals surface area contributed by atoms with Gasteiger partial charge in [0.25, 0.3) is 0 Å². The maximum atomic E-state index is 4.95. The van der Waals surface area contributed by atoms with Crippen LogP contribution < -0.4 is 5.90 Å². The van der Waals surface area contributed by atoms with Crippen LogP contribution in [0.3, 0.4) is 0 Å². The fraction of sp³-hybridized carbons (Fsp3) is 1.00. The Balaban J connectivity index is 3.29. The van der Waals surface area contributed by atoms with E-state index >= 15 is 0 Å². The van der Waals surface area contributed by atoms with E-state index in [9.17, 15) is 0 Å². The molecule has 0 aliphatic rings. The summed E-state index contributed by atoms with van der Waals surface area (Å²) in [6.45, 7) is 6.23. The Labute approximate surface area is 51.0 Å². The van der Waals surface area contributed by atoms with Gasteiger partial charge in [0.1, 0.15) is 0 Å². The van der Waals surface area contributed by atoms with E-state index in [0.29, 0.717) is 5.92 Å². The third-order valence-electron chi connectivity index (χ3n) is 1.66. The molecule has 0 fully saturated rings. The number of nitrogens with two attached hydrogens (primary N) is 1. The van der Waals surface area contributed by atoms with Crippen LogP contribution in [-0.4, -0.2) is 6.10 Å². The van der Waals surface area contributed by atoms with Crippen molar-refractivity contribution in [3.05, 3.63) is 0 Å². The molecular formula is C6H15NO. The highest BCUT2D eigenvalue weighted by molar-refractivity contribution is 4.56. The van der Waals surface area contributed by atoms with E-state index in [1.165, 1.54) is 0 Å². The molecule has 0 aliphatic heterocycles. The lowest BCUT2D eigenvalue weighted by Gasteiger charge is -2.14. The van der Waals surface area contributed by atoms with Gasteiger partial charge in [0.2, 0.25) is 0 Å². The first-order valence-corrected chi connectivity index (χ1v) is 3.07. The predicted octanol–water partition coefficient (Wildman–Crippen LogP) is 1.31. The smallest absolute Gasteiger partial charge is 0.0784 e. The standard InChI is InChI=1S/C6H15NO/c1-4-5(2)6(3)8-7/h5-6H,4,7H2,1-3H3. The molecule has 2 atom stereocenters. The lowest BCUT2D eigenvalue weighted by atomic mass is 10.0. The van der Waals surface area contributed by atoms with Crippen molar-refractivity contribution in [3.63, 3.8) is 0 Å². The molecule has 0 spiro atoms. The first-order valence-electron chi connectivity index (χ1n) is 3.07. The van der Waals surface area contributed by atoms with Gasteiger partial charge in [-0.25, -0.2) is 5.90 Å². The normalized spacial score (nSPS) is 18.0. The van der Waals surface area contributed by atoms with Gasteiger partial charge < -0.3 is 4.84 Å². The monoisotopic (exact) mass is 117 g/mol. The van der Waals surface area contributed by atoms with Gasteiger partial charge in [0.15, 0.2) is 0 Å². The fourth-order valence-corrected chi connectivity index (χ4v) is 0.466. The molecule has 0 saturated carbocycles. The van der Waals surface area contributed by atoms with Crippen LogP contribution >= 0.6 is 0 Å². The summed E-state index contributed by atoms with van der Waals surface area (Å²) in [7, 11) is 0. The van der Waals surface area contributed by atoms with E-state index in [0.717, 1.165) is 6.42 Å². The van der Waals surface area contributed by atoms with Gasteiger partial charge in [-0.05, 0) is 12.8 Å². The van der Waals surface area contributed by atoms with Crippen LogP contribution in [0, 0.1) is 5.92 Å². The molecule has 2 N–H and O–H groups in total. The van der Waals surface area contributed by atoms with E-state index in [2.05, 4.69) is 18.7 Å². The minimum Gasteiger partial charge on any atom is -0.301 e. The Hall–Kier alpha value is -0.0800. The Morgan fingerprint density at radius 1 is 1.50 bits per heavy atom. The first-order chi connectivity index (χ1) is 3.72. The summed E-state index contributed by atoms with van der Waals surface area (Å²) in [4.78, 5) is 4.60. The van der Waals surface area contributed by atoms with Crippen molar-refractivity contribution in [3.8, 4) is 0 Å². The van der Waals surface area contributed by atoms with Crippen molar-refractivity contribution in [1.29, 1.82) is 0 Å². The van der Waals surface area contributed by atoms with Gasteiger partial charge in [0, 0.05) is 0 Å². The van der Waals surface area contributed by atoms with Gasteiger partial charge in [-0.3, -0.25) is 0 Å². The van der Waals surface area contributed by atoms with E-state index in [-0.39, 0.29) is 6.10 Å². The van der Waals surface area contributed by atoms with Crippen LogP contribution in [0.2, 0.25) is 0 Å². The highest BCUT2D eigenvalue weighted by Crippen LogP contribution is 2.07. The quantitative estimate of drug-likeness (QED) is 0.566. The highest BCUT2D eigenvalue weighted by Gasteiger charge is 2.07. The molecule has 0 amide bonds. The Morgan fingerprint density at radius 3 is 2.12 bits per heavy atom. The molecule has 0 heterocycles. The van der Waals surface area contributed by atoms with Crippen molar-refractivity contribution >= 4 is 0 Å². The van der Waals surface area contributed by atoms with Crippen LogP contribution in [-0.2, 0) is 4.84 Å². The summed E-state index contributed by atoms with van der Waals surface area (Å²) in [5, 5.41) is 0. The summed E-state index contributed by atoms with van der Waals surface area (Å²) in [5.41, 5.74) is 0. The molecule has 0 saturated heterocycles. The molecule has 2 unspecified atom stereocenters. The molecule has 50 valence electrons. The number of rotatable bonds is 3. The summed E-state index contributed by atoms with van der Waals surface area (Å²) < 4.78 is 0. The summed E-state index contributed by atoms with van der Waals surface area (Å²) >= 11 is 0. The molecular weight excluding hydrogens is 102 g/mol. The van der Waals surface area contributed by atoms with E-state index in [1.807, 2.05) is 6.92 Å². The second-order valence-electron chi connectivity index (χ2n) is 2.23. The van der Waals surface area contributed by atoms with Gasteiger partial charge >= 0.3 is 0 Å². The average Bonchev–Trinajstić information content (AvgIpc) is 1.84. The molecule has 0 aliphatic carbocycles. The van der Waals surface area contributed by atoms with E-state index in [4.69, 9.17) is 5.90 Å². The third-order valence-corrected chi connectivity index (χ3v) is 1.66. The molecule has 8 heavy (non-hydrogen) atoms. The topological polar surface area (TPSA) is 35.2 Å². The van der Waals surface area contributed by atoms with Crippen molar-refractivity contribution in [1.82, 2.24) is 0 Å². The minimum absolute atomic E-state index is 0.194. The third kappa shape index (κ3) is 2.28. The molecule has 0 radical (unpaired) electrons. The first kappa shape index (κ1) is 7.92. The summed E-state index contributed by atoms with van der Waals surface area (Å²) in [6, 6.07) is 0. The van der Waals surface area contributed by atoms with Crippen LogP contribution in [0.4, 0.5) is 0 Å². The fourth-order valence-electron chi connectivity index (χ4n) is 0.466. The van der Waals surface area contributed by atoms with E-state index < -0.39 is 0 Å². The van der Waals surface area contributed by atoms with E-state index in [1.54, 1.807) is 0 Å².